The molecule has 0 amide bonds. The smallest absolute Gasteiger partial charge is 0.205 e. The molecule has 0 saturated carbocycles. The maximum Gasteiger partial charge on any atom is 0.205 e. The molecule has 0 unspecified atom stereocenters. The van der Waals surface area contributed by atoms with Gasteiger partial charge in [-0.3, -0.25) is 0 Å². The molecule has 3 heteroatoms. The van der Waals surface area contributed by atoms with Gasteiger partial charge in [0.05, 0.1) is 7.11 Å². The van der Waals surface area contributed by atoms with Crippen LogP contribution < -0.4 is 4.74 Å². The molecule has 0 atom stereocenters. The Morgan fingerprint density at radius 3 is 2.65 bits per heavy atom. The van der Waals surface area contributed by atoms with Gasteiger partial charge in [0.25, 0.3) is 0 Å². The lowest BCUT2D eigenvalue weighted by atomic mass is 10.0. The summed E-state index contributed by atoms with van der Waals surface area (Å²) in [5.74, 6) is 0.858. The predicted octanol–water partition coefficient (Wildman–Crippen LogP) is 3.30. The normalized spacial score (nSPS) is 10.6. The van der Waals surface area contributed by atoms with Gasteiger partial charge in [-0.05, 0) is 17.5 Å². The summed E-state index contributed by atoms with van der Waals surface area (Å²) in [6.45, 7) is 0. The lowest BCUT2D eigenvalue weighted by molar-refractivity contribution is 0.415. The Bertz CT molecular complexity index is 644. The monoisotopic (exact) mass is 224 g/mol. The molecular formula is C14H10NO2. The Morgan fingerprint density at radius 1 is 1.12 bits per heavy atom. The van der Waals surface area contributed by atoms with Crippen LogP contribution in [-0.4, -0.2) is 12.3 Å². The molecule has 83 valence electrons. The fourth-order valence-corrected chi connectivity index (χ4v) is 1.98. The van der Waals surface area contributed by atoms with Crippen LogP contribution in [-0.2, 0) is 0 Å². The first-order valence-corrected chi connectivity index (χ1v) is 5.29. The Hall–Kier alpha value is -2.29. The second-order valence-corrected chi connectivity index (χ2v) is 3.69. The van der Waals surface area contributed by atoms with E-state index in [0.29, 0.717) is 0 Å². The van der Waals surface area contributed by atoms with Gasteiger partial charge in [-0.15, -0.1) is 0 Å². The molecule has 0 aliphatic carbocycles. The van der Waals surface area contributed by atoms with Gasteiger partial charge in [0.15, 0.2) is 0 Å². The van der Waals surface area contributed by atoms with E-state index in [4.69, 9.17) is 9.26 Å². The highest BCUT2D eigenvalue weighted by atomic mass is 16.5. The first kappa shape index (κ1) is 9.90. The van der Waals surface area contributed by atoms with Crippen LogP contribution in [0, 0.1) is 6.26 Å². The topological polar surface area (TPSA) is 35.3 Å². The van der Waals surface area contributed by atoms with Gasteiger partial charge in [0.1, 0.15) is 11.4 Å². The second-order valence-electron chi connectivity index (χ2n) is 3.69. The van der Waals surface area contributed by atoms with Crippen molar-refractivity contribution in [3.63, 3.8) is 0 Å². The van der Waals surface area contributed by atoms with E-state index in [-0.39, 0.29) is 0 Å². The third-order valence-corrected chi connectivity index (χ3v) is 2.77. The van der Waals surface area contributed by atoms with E-state index in [1.165, 1.54) is 0 Å². The minimum atomic E-state index is 0.781. The van der Waals surface area contributed by atoms with Crippen molar-refractivity contribution in [2.45, 2.75) is 0 Å². The van der Waals surface area contributed by atoms with Crippen LogP contribution in [0.3, 0.4) is 0 Å². The van der Waals surface area contributed by atoms with Gasteiger partial charge >= 0.3 is 0 Å². The molecule has 0 bridgehead atoms. The van der Waals surface area contributed by atoms with Gasteiger partial charge in [-0.1, -0.05) is 29.4 Å². The molecule has 2 aromatic carbocycles. The largest absolute Gasteiger partial charge is 0.496 e. The third kappa shape index (κ3) is 1.56. The van der Waals surface area contributed by atoms with E-state index in [2.05, 4.69) is 11.4 Å². The van der Waals surface area contributed by atoms with Crippen molar-refractivity contribution >= 4 is 10.8 Å². The first-order chi connectivity index (χ1) is 8.40. The Morgan fingerprint density at radius 2 is 1.94 bits per heavy atom. The quantitative estimate of drug-likeness (QED) is 0.670. The number of aromatic nitrogens is 1. The van der Waals surface area contributed by atoms with Gasteiger partial charge in [-0.25, -0.2) is 0 Å². The summed E-state index contributed by atoms with van der Waals surface area (Å²) in [5, 5.41) is 6.08. The molecule has 1 radical (unpaired) electrons. The minimum absolute atomic E-state index is 0.781. The summed E-state index contributed by atoms with van der Waals surface area (Å²) in [6.07, 6.45) is 2.60. The fourth-order valence-electron chi connectivity index (χ4n) is 1.98. The Kier molecular flexibility index (Phi) is 2.29. The number of methoxy groups -OCH3 is 1. The van der Waals surface area contributed by atoms with Crippen molar-refractivity contribution in [1.29, 1.82) is 0 Å². The molecule has 3 rings (SSSR count). The van der Waals surface area contributed by atoms with Crippen molar-refractivity contribution < 1.29 is 9.26 Å². The number of rotatable bonds is 2. The van der Waals surface area contributed by atoms with E-state index in [1.54, 1.807) is 13.2 Å². The molecular weight excluding hydrogens is 214 g/mol. The molecule has 1 aromatic heterocycles. The highest BCUT2D eigenvalue weighted by Crippen LogP contribution is 2.33. The number of ether oxygens (including phenoxy) is 1. The van der Waals surface area contributed by atoms with Crippen molar-refractivity contribution in [3.05, 3.63) is 48.7 Å². The van der Waals surface area contributed by atoms with Crippen LogP contribution in [0.25, 0.3) is 22.0 Å². The van der Waals surface area contributed by atoms with Crippen LogP contribution in [0.5, 0.6) is 5.75 Å². The average molecular weight is 224 g/mol. The van der Waals surface area contributed by atoms with Gasteiger partial charge < -0.3 is 9.26 Å². The van der Waals surface area contributed by atoms with Gasteiger partial charge in [0.2, 0.25) is 6.26 Å². The summed E-state index contributed by atoms with van der Waals surface area (Å²) in [5.41, 5.74) is 1.80. The average Bonchev–Trinajstić information content (AvgIpc) is 2.91. The van der Waals surface area contributed by atoms with Crippen LogP contribution in [0.4, 0.5) is 0 Å². The van der Waals surface area contributed by atoms with E-state index in [0.717, 1.165) is 27.8 Å². The zero-order valence-electron chi connectivity index (χ0n) is 9.31. The van der Waals surface area contributed by atoms with Crippen molar-refractivity contribution in [1.82, 2.24) is 5.16 Å². The maximum absolute atomic E-state index is 5.35. The van der Waals surface area contributed by atoms with Crippen molar-refractivity contribution in [2.24, 2.45) is 0 Å². The Labute approximate surface area is 98.6 Å². The summed E-state index contributed by atoms with van der Waals surface area (Å²) < 4.78 is 10.1. The molecule has 0 saturated heterocycles. The van der Waals surface area contributed by atoms with Crippen molar-refractivity contribution in [3.8, 4) is 17.0 Å². The number of benzene rings is 2. The fraction of sp³-hybridized carbons (Fsp3) is 0.0714. The van der Waals surface area contributed by atoms with Crippen LogP contribution >= 0.6 is 0 Å². The number of fused-ring (bicyclic) bond motifs is 1. The van der Waals surface area contributed by atoms with E-state index in [1.807, 2.05) is 36.4 Å². The molecule has 0 N–H and O–H groups in total. The van der Waals surface area contributed by atoms with Crippen LogP contribution in [0.1, 0.15) is 0 Å². The summed E-state index contributed by atoms with van der Waals surface area (Å²) in [7, 11) is 1.67. The zero-order chi connectivity index (χ0) is 11.7. The standard InChI is InChI=1S/C14H10NO2/c1-16-14-7-6-11(13-8-9-17-15-13)10-4-2-3-5-12(10)14/h2-8H,1H3. The third-order valence-electron chi connectivity index (χ3n) is 2.77. The van der Waals surface area contributed by atoms with E-state index >= 15 is 0 Å². The number of nitrogens with zero attached hydrogens (tertiary/aromatic N) is 1. The van der Waals surface area contributed by atoms with Crippen molar-refractivity contribution in [2.75, 3.05) is 7.11 Å². The van der Waals surface area contributed by atoms with Crippen LogP contribution in [0.15, 0.2) is 47.0 Å². The number of hydrogen-bond donors (Lipinski definition) is 0. The highest BCUT2D eigenvalue weighted by Gasteiger charge is 2.09. The molecule has 0 aliphatic heterocycles. The molecule has 3 nitrogen and oxygen atoms in total. The molecule has 3 aromatic rings. The maximum atomic E-state index is 5.35. The second kappa shape index (κ2) is 3.94. The molecule has 0 spiro atoms. The SMILES string of the molecule is COc1ccc(-c2c[c]on2)c2ccccc12. The summed E-state index contributed by atoms with van der Waals surface area (Å²) in [4.78, 5) is 0. The highest BCUT2D eigenvalue weighted by molar-refractivity contribution is 5.99. The zero-order valence-corrected chi connectivity index (χ0v) is 9.31. The predicted molar refractivity (Wildman–Crippen MR) is 64.8 cm³/mol. The van der Waals surface area contributed by atoms with Gasteiger partial charge in [-0.2, -0.15) is 0 Å². The molecule has 1 heterocycles. The van der Waals surface area contributed by atoms with E-state index in [9.17, 15) is 0 Å². The minimum Gasteiger partial charge on any atom is -0.496 e. The molecule has 0 aliphatic rings. The Balaban J connectivity index is 2.34. The van der Waals surface area contributed by atoms with Gasteiger partial charge in [0, 0.05) is 17.0 Å². The van der Waals surface area contributed by atoms with Crippen LogP contribution in [0.2, 0.25) is 0 Å². The molecule has 17 heavy (non-hydrogen) atoms. The summed E-state index contributed by atoms with van der Waals surface area (Å²) >= 11 is 0. The lowest BCUT2D eigenvalue weighted by Crippen LogP contribution is -1.87. The number of hydrogen-bond acceptors (Lipinski definition) is 3. The summed E-state index contributed by atoms with van der Waals surface area (Å²) in [6, 6.07) is 13.7. The first-order valence-electron chi connectivity index (χ1n) is 5.29. The molecule has 0 fully saturated rings. The lowest BCUT2D eigenvalue weighted by Gasteiger charge is -2.08. The van der Waals surface area contributed by atoms with E-state index < -0.39 is 0 Å².